The zero-order valence-electron chi connectivity index (χ0n) is 15.3. The third kappa shape index (κ3) is 16.2. The van der Waals surface area contributed by atoms with E-state index in [-0.39, 0.29) is 5.97 Å². The third-order valence-corrected chi connectivity index (χ3v) is 3.24. The van der Waals surface area contributed by atoms with E-state index in [0.29, 0.717) is 12.8 Å². The van der Waals surface area contributed by atoms with Gasteiger partial charge in [0.1, 0.15) is 0 Å². The second-order valence-electron chi connectivity index (χ2n) is 5.39. The Kier molecular flexibility index (Phi) is 14.8. The summed E-state index contributed by atoms with van der Waals surface area (Å²) in [6.07, 6.45) is 12.7. The molecule has 136 valence electrons. The van der Waals surface area contributed by atoms with E-state index in [1.54, 1.807) is 0 Å². The van der Waals surface area contributed by atoms with Crippen molar-refractivity contribution in [2.75, 3.05) is 7.11 Å². The molecule has 0 aliphatic heterocycles. The number of rotatable bonds is 11. The summed E-state index contributed by atoms with van der Waals surface area (Å²) in [5.74, 6) is 10.5. The van der Waals surface area contributed by atoms with Gasteiger partial charge in [0.15, 0.2) is 6.10 Å². The molecule has 0 bridgehead atoms. The van der Waals surface area contributed by atoms with Gasteiger partial charge >= 0.3 is 11.9 Å². The highest BCUT2D eigenvalue weighted by molar-refractivity contribution is 5.69. The number of carbonyl (C=O) groups excluding carboxylic acids is 2. The van der Waals surface area contributed by atoms with Crippen molar-refractivity contribution in [2.24, 2.45) is 0 Å². The Morgan fingerprint density at radius 2 is 1.80 bits per heavy atom. The molecule has 0 aliphatic rings. The van der Waals surface area contributed by atoms with Crippen LogP contribution in [-0.4, -0.2) is 25.2 Å². The molecule has 0 fully saturated rings. The van der Waals surface area contributed by atoms with Gasteiger partial charge in [-0.1, -0.05) is 43.9 Å². The maximum absolute atomic E-state index is 10.9. The van der Waals surface area contributed by atoms with E-state index in [4.69, 9.17) is 4.74 Å². The van der Waals surface area contributed by atoms with Gasteiger partial charge in [0, 0.05) is 19.8 Å². The standard InChI is InChI=1S/C21H28O4/c1-4-20(25-19(2)22)17-15-13-11-9-7-5-6-8-10-12-14-16-18-21(23)24-3/h4-5,7,20H,1,6,8-10,12,14,16,18H2,2-3H3. The summed E-state index contributed by atoms with van der Waals surface area (Å²) in [6.45, 7) is 4.88. The minimum Gasteiger partial charge on any atom is -0.469 e. The molecule has 0 N–H and O–H groups in total. The molecule has 0 aromatic heterocycles. The Bertz CT molecular complexity index is 552. The van der Waals surface area contributed by atoms with Crippen LogP contribution < -0.4 is 0 Å². The van der Waals surface area contributed by atoms with E-state index >= 15 is 0 Å². The van der Waals surface area contributed by atoms with Gasteiger partial charge in [0.25, 0.3) is 0 Å². The maximum atomic E-state index is 10.9. The predicted molar refractivity (Wildman–Crippen MR) is 99.4 cm³/mol. The highest BCUT2D eigenvalue weighted by atomic mass is 16.5. The second-order valence-corrected chi connectivity index (χ2v) is 5.39. The molecule has 4 nitrogen and oxygen atoms in total. The zero-order chi connectivity index (χ0) is 18.8. The van der Waals surface area contributed by atoms with Crippen LogP contribution in [0.1, 0.15) is 58.3 Å². The van der Waals surface area contributed by atoms with Gasteiger partial charge in [-0.25, -0.2) is 0 Å². The SMILES string of the molecule is C=CC(C#CC#CCC=CCCCCCCCC(=O)OC)OC(C)=O. The van der Waals surface area contributed by atoms with Gasteiger partial charge in [-0.15, -0.1) is 0 Å². The third-order valence-electron chi connectivity index (χ3n) is 3.24. The fraction of sp³-hybridized carbons (Fsp3) is 0.524. The Labute approximate surface area is 151 Å². The van der Waals surface area contributed by atoms with Crippen LogP contribution in [0.4, 0.5) is 0 Å². The predicted octanol–water partition coefficient (Wildman–Crippen LogP) is 3.96. The van der Waals surface area contributed by atoms with E-state index in [1.807, 2.05) is 6.08 Å². The Balaban J connectivity index is 3.66. The van der Waals surface area contributed by atoms with E-state index in [9.17, 15) is 9.59 Å². The monoisotopic (exact) mass is 344 g/mol. The number of carbonyl (C=O) groups is 2. The molecule has 0 rings (SSSR count). The average Bonchev–Trinajstić information content (AvgIpc) is 2.60. The molecular weight excluding hydrogens is 316 g/mol. The van der Waals surface area contributed by atoms with Crippen molar-refractivity contribution in [2.45, 2.75) is 64.4 Å². The van der Waals surface area contributed by atoms with Crippen LogP contribution in [-0.2, 0) is 19.1 Å². The average molecular weight is 344 g/mol. The summed E-state index contributed by atoms with van der Waals surface area (Å²) in [6, 6.07) is 0. The fourth-order valence-corrected chi connectivity index (χ4v) is 1.94. The van der Waals surface area contributed by atoms with E-state index in [1.165, 1.54) is 26.5 Å². The second kappa shape index (κ2) is 16.4. The molecule has 25 heavy (non-hydrogen) atoms. The minimum atomic E-state index is -0.602. The lowest BCUT2D eigenvalue weighted by atomic mass is 10.1. The first-order valence-corrected chi connectivity index (χ1v) is 8.60. The molecule has 0 saturated heterocycles. The molecule has 1 unspecified atom stereocenters. The molecule has 0 aliphatic carbocycles. The van der Waals surface area contributed by atoms with Gasteiger partial charge in [0.2, 0.25) is 0 Å². The number of allylic oxidation sites excluding steroid dienone is 2. The largest absolute Gasteiger partial charge is 0.469 e. The molecule has 0 aromatic carbocycles. The van der Waals surface area contributed by atoms with Crippen LogP contribution in [0, 0.1) is 23.7 Å². The first kappa shape index (κ1) is 22.5. The van der Waals surface area contributed by atoms with Gasteiger partial charge < -0.3 is 9.47 Å². The first-order chi connectivity index (χ1) is 12.1. The fourth-order valence-electron chi connectivity index (χ4n) is 1.94. The van der Waals surface area contributed by atoms with Crippen LogP contribution in [0.15, 0.2) is 24.8 Å². The number of methoxy groups -OCH3 is 1. The number of esters is 2. The first-order valence-electron chi connectivity index (χ1n) is 8.60. The summed E-state index contributed by atoms with van der Waals surface area (Å²) in [7, 11) is 1.42. The van der Waals surface area contributed by atoms with Crippen molar-refractivity contribution in [3.63, 3.8) is 0 Å². The number of hydrogen-bond donors (Lipinski definition) is 0. The van der Waals surface area contributed by atoms with Crippen molar-refractivity contribution >= 4 is 11.9 Å². The molecular formula is C21H28O4. The minimum absolute atomic E-state index is 0.125. The normalized spacial score (nSPS) is 10.8. The van der Waals surface area contributed by atoms with Crippen molar-refractivity contribution < 1.29 is 19.1 Å². The molecule has 0 radical (unpaired) electrons. The summed E-state index contributed by atoms with van der Waals surface area (Å²) in [4.78, 5) is 21.7. The molecule has 0 amide bonds. The number of unbranched alkanes of at least 4 members (excludes halogenated alkanes) is 5. The Morgan fingerprint density at radius 3 is 2.48 bits per heavy atom. The molecule has 0 aromatic rings. The topological polar surface area (TPSA) is 52.6 Å². The maximum Gasteiger partial charge on any atom is 0.305 e. The highest BCUT2D eigenvalue weighted by Gasteiger charge is 2.01. The van der Waals surface area contributed by atoms with Crippen molar-refractivity contribution in [1.29, 1.82) is 0 Å². The summed E-state index contributed by atoms with van der Waals surface area (Å²) < 4.78 is 9.49. The van der Waals surface area contributed by atoms with Crippen molar-refractivity contribution in [1.82, 2.24) is 0 Å². The highest BCUT2D eigenvalue weighted by Crippen LogP contribution is 2.08. The van der Waals surface area contributed by atoms with Crippen LogP contribution in [0.2, 0.25) is 0 Å². The lowest BCUT2D eigenvalue weighted by molar-refractivity contribution is -0.142. The van der Waals surface area contributed by atoms with Crippen molar-refractivity contribution in [3.05, 3.63) is 24.8 Å². The summed E-state index contributed by atoms with van der Waals surface area (Å²) in [5.41, 5.74) is 0. The van der Waals surface area contributed by atoms with Gasteiger partial charge in [-0.05, 0) is 43.1 Å². The van der Waals surface area contributed by atoms with Crippen molar-refractivity contribution in [3.8, 4) is 23.7 Å². The molecule has 0 saturated carbocycles. The Hall–Kier alpha value is -2.46. The quantitative estimate of drug-likeness (QED) is 0.246. The smallest absolute Gasteiger partial charge is 0.305 e. The molecule has 0 heterocycles. The lowest BCUT2D eigenvalue weighted by Gasteiger charge is -2.03. The van der Waals surface area contributed by atoms with Crippen LogP contribution >= 0.6 is 0 Å². The van der Waals surface area contributed by atoms with Gasteiger partial charge in [-0.3, -0.25) is 9.59 Å². The number of hydrogen-bond acceptors (Lipinski definition) is 4. The number of ether oxygens (including phenoxy) is 2. The van der Waals surface area contributed by atoms with Crippen LogP contribution in [0.25, 0.3) is 0 Å². The zero-order valence-corrected chi connectivity index (χ0v) is 15.3. The van der Waals surface area contributed by atoms with E-state index in [0.717, 1.165) is 32.1 Å². The Morgan fingerprint density at radius 1 is 1.08 bits per heavy atom. The summed E-state index contributed by atoms with van der Waals surface area (Å²) >= 11 is 0. The summed E-state index contributed by atoms with van der Waals surface area (Å²) in [5, 5.41) is 0. The van der Waals surface area contributed by atoms with Crippen LogP contribution in [0.5, 0.6) is 0 Å². The molecule has 4 heteroatoms. The van der Waals surface area contributed by atoms with Gasteiger partial charge in [0.05, 0.1) is 7.11 Å². The van der Waals surface area contributed by atoms with Crippen LogP contribution in [0.3, 0.4) is 0 Å². The van der Waals surface area contributed by atoms with E-state index < -0.39 is 12.1 Å². The van der Waals surface area contributed by atoms with Gasteiger partial charge in [-0.2, -0.15) is 0 Å². The lowest BCUT2D eigenvalue weighted by Crippen LogP contribution is -2.10. The molecule has 0 spiro atoms. The van der Waals surface area contributed by atoms with E-state index in [2.05, 4.69) is 41.1 Å². The molecule has 1 atom stereocenters.